The zero-order chi connectivity index (χ0) is 16.8. The number of aryl methyl sites for hydroxylation is 1. The van der Waals surface area contributed by atoms with Crippen molar-refractivity contribution < 1.29 is 28.9 Å². The zero-order valence-corrected chi connectivity index (χ0v) is 13.3. The summed E-state index contributed by atoms with van der Waals surface area (Å²) >= 11 is 0. The Kier molecular flexibility index (Phi) is 5.81. The molecule has 0 radical (unpaired) electrons. The first-order chi connectivity index (χ1) is 11.0. The Hall–Kier alpha value is -2.28. The Morgan fingerprint density at radius 2 is 2.17 bits per heavy atom. The van der Waals surface area contributed by atoms with Gasteiger partial charge in [-0.05, 0) is 24.6 Å². The number of benzene rings is 1. The van der Waals surface area contributed by atoms with E-state index in [0.717, 1.165) is 5.56 Å². The minimum atomic E-state index is -1.06. The molecule has 0 unspecified atom stereocenters. The fourth-order valence-electron chi connectivity index (χ4n) is 2.39. The summed E-state index contributed by atoms with van der Waals surface area (Å²) in [7, 11) is 1.55. The maximum absolute atomic E-state index is 12.2. The van der Waals surface area contributed by atoms with Crippen molar-refractivity contribution in [2.24, 2.45) is 0 Å². The second-order valence-corrected chi connectivity index (χ2v) is 5.27. The molecule has 0 aromatic heterocycles. The van der Waals surface area contributed by atoms with E-state index >= 15 is 0 Å². The molecule has 1 atom stereocenters. The van der Waals surface area contributed by atoms with Gasteiger partial charge in [-0.3, -0.25) is 4.79 Å². The molecule has 7 nitrogen and oxygen atoms in total. The molecule has 1 amide bonds. The van der Waals surface area contributed by atoms with Gasteiger partial charge in [-0.25, -0.2) is 4.79 Å². The number of rotatable bonds is 6. The van der Waals surface area contributed by atoms with Crippen molar-refractivity contribution in [1.29, 1.82) is 0 Å². The number of carbonyl (C=O) groups excluding carboxylic acids is 1. The number of ether oxygens (including phenoxy) is 3. The van der Waals surface area contributed by atoms with Crippen LogP contribution in [0, 0.1) is 6.92 Å². The van der Waals surface area contributed by atoms with Crippen molar-refractivity contribution in [3.8, 4) is 11.5 Å². The van der Waals surface area contributed by atoms with E-state index in [9.17, 15) is 9.59 Å². The summed E-state index contributed by atoms with van der Waals surface area (Å²) in [5.74, 6) is -0.152. The molecule has 1 fully saturated rings. The van der Waals surface area contributed by atoms with E-state index in [1.807, 2.05) is 19.1 Å². The van der Waals surface area contributed by atoms with E-state index < -0.39 is 12.0 Å². The largest absolute Gasteiger partial charge is 0.493 e. The van der Waals surface area contributed by atoms with Crippen LogP contribution in [0.1, 0.15) is 12.0 Å². The summed E-state index contributed by atoms with van der Waals surface area (Å²) in [4.78, 5) is 24.7. The summed E-state index contributed by atoms with van der Waals surface area (Å²) in [6.45, 7) is 2.75. The first kappa shape index (κ1) is 17.1. The molecule has 1 aromatic rings. The van der Waals surface area contributed by atoms with E-state index in [1.54, 1.807) is 13.2 Å². The fraction of sp³-hybridized carbons (Fsp3) is 0.500. The van der Waals surface area contributed by atoms with Crippen molar-refractivity contribution >= 4 is 11.9 Å². The van der Waals surface area contributed by atoms with Crippen LogP contribution < -0.4 is 9.47 Å². The topological polar surface area (TPSA) is 85.3 Å². The lowest BCUT2D eigenvalue weighted by atomic mass is 10.2. The minimum absolute atomic E-state index is 0.0215. The number of morpholine rings is 1. The van der Waals surface area contributed by atoms with Gasteiger partial charge in [0.2, 0.25) is 5.91 Å². The van der Waals surface area contributed by atoms with Crippen LogP contribution in [-0.4, -0.2) is 61.4 Å². The van der Waals surface area contributed by atoms with Crippen LogP contribution in [0.5, 0.6) is 11.5 Å². The maximum atomic E-state index is 12.2. The Balaban J connectivity index is 1.90. The molecule has 1 saturated heterocycles. The molecule has 2 rings (SSSR count). The summed E-state index contributed by atoms with van der Waals surface area (Å²) < 4.78 is 15.9. The van der Waals surface area contributed by atoms with Crippen LogP contribution in [0.4, 0.5) is 0 Å². The molecule has 1 heterocycles. The van der Waals surface area contributed by atoms with E-state index in [4.69, 9.17) is 19.3 Å². The normalized spacial score (nSPS) is 17.7. The number of hydrogen-bond donors (Lipinski definition) is 1. The average molecular weight is 323 g/mol. The molecule has 0 saturated carbocycles. The highest BCUT2D eigenvalue weighted by Gasteiger charge is 2.32. The Morgan fingerprint density at radius 3 is 2.87 bits per heavy atom. The standard InChI is InChI=1S/C16H21NO6/c1-11-3-4-13(14(9-11)21-2)23-7-5-15(18)17-6-8-22-10-12(17)16(19)20/h3-4,9,12H,5-8,10H2,1-2H3,(H,19,20)/t12-/m1/s1. The zero-order valence-electron chi connectivity index (χ0n) is 13.3. The van der Waals surface area contributed by atoms with Gasteiger partial charge in [0.1, 0.15) is 0 Å². The van der Waals surface area contributed by atoms with Gasteiger partial charge in [-0.15, -0.1) is 0 Å². The van der Waals surface area contributed by atoms with Gasteiger partial charge >= 0.3 is 5.97 Å². The number of hydrogen-bond acceptors (Lipinski definition) is 5. The van der Waals surface area contributed by atoms with Crippen LogP contribution in [0.15, 0.2) is 18.2 Å². The molecule has 1 aromatic carbocycles. The van der Waals surface area contributed by atoms with Gasteiger partial charge in [-0.1, -0.05) is 6.07 Å². The van der Waals surface area contributed by atoms with Crippen LogP contribution in [0.25, 0.3) is 0 Å². The number of carbonyl (C=O) groups is 2. The highest BCUT2D eigenvalue weighted by atomic mass is 16.5. The van der Waals surface area contributed by atoms with Gasteiger partial charge in [0.15, 0.2) is 17.5 Å². The van der Waals surface area contributed by atoms with Crippen LogP contribution in [0.3, 0.4) is 0 Å². The van der Waals surface area contributed by atoms with Gasteiger partial charge < -0.3 is 24.2 Å². The summed E-state index contributed by atoms with van der Waals surface area (Å²) in [6.07, 6.45) is 0.0980. The van der Waals surface area contributed by atoms with Crippen molar-refractivity contribution in [2.75, 3.05) is 33.5 Å². The van der Waals surface area contributed by atoms with Gasteiger partial charge in [-0.2, -0.15) is 0 Å². The molecule has 1 aliphatic heterocycles. The Labute approximate surface area is 134 Å². The second-order valence-electron chi connectivity index (χ2n) is 5.27. The van der Waals surface area contributed by atoms with Crippen LogP contribution in [0.2, 0.25) is 0 Å². The minimum Gasteiger partial charge on any atom is -0.493 e. The molecule has 1 N–H and O–H groups in total. The average Bonchev–Trinajstić information content (AvgIpc) is 2.55. The molecule has 23 heavy (non-hydrogen) atoms. The first-order valence-electron chi connectivity index (χ1n) is 7.40. The lowest BCUT2D eigenvalue weighted by Crippen LogP contribution is -2.52. The number of nitrogens with zero attached hydrogens (tertiary/aromatic N) is 1. The van der Waals surface area contributed by atoms with Gasteiger partial charge in [0, 0.05) is 6.54 Å². The number of amides is 1. The fourth-order valence-corrected chi connectivity index (χ4v) is 2.39. The number of carboxylic acid groups (broad SMARTS) is 1. The molecule has 0 bridgehead atoms. The van der Waals surface area contributed by atoms with E-state index in [2.05, 4.69) is 0 Å². The maximum Gasteiger partial charge on any atom is 0.328 e. The number of carboxylic acids is 1. The third-order valence-corrected chi connectivity index (χ3v) is 3.63. The molecular weight excluding hydrogens is 302 g/mol. The molecule has 1 aliphatic rings. The quantitative estimate of drug-likeness (QED) is 0.843. The highest BCUT2D eigenvalue weighted by molar-refractivity contribution is 5.84. The van der Waals surface area contributed by atoms with Crippen molar-refractivity contribution in [3.05, 3.63) is 23.8 Å². The predicted molar refractivity (Wildman–Crippen MR) is 81.8 cm³/mol. The molecular formula is C16H21NO6. The SMILES string of the molecule is COc1cc(C)ccc1OCCC(=O)N1CCOC[C@@H]1C(=O)O. The lowest BCUT2D eigenvalue weighted by molar-refractivity contribution is -0.158. The summed E-state index contributed by atoms with van der Waals surface area (Å²) in [5, 5.41) is 9.13. The Bertz CT molecular complexity index is 574. The molecule has 0 aliphatic carbocycles. The highest BCUT2D eigenvalue weighted by Crippen LogP contribution is 2.27. The van der Waals surface area contributed by atoms with Crippen molar-refractivity contribution in [2.45, 2.75) is 19.4 Å². The summed E-state index contributed by atoms with van der Waals surface area (Å²) in [6, 6.07) is 4.60. The number of methoxy groups -OCH3 is 1. The molecule has 126 valence electrons. The van der Waals surface area contributed by atoms with Crippen LogP contribution >= 0.6 is 0 Å². The smallest absolute Gasteiger partial charge is 0.328 e. The van der Waals surface area contributed by atoms with Crippen LogP contribution in [-0.2, 0) is 14.3 Å². The van der Waals surface area contributed by atoms with E-state index in [-0.39, 0.29) is 32.1 Å². The van der Waals surface area contributed by atoms with Gasteiger partial charge in [0.05, 0.1) is 33.4 Å². The van der Waals surface area contributed by atoms with Crippen molar-refractivity contribution in [1.82, 2.24) is 4.90 Å². The van der Waals surface area contributed by atoms with Crippen molar-refractivity contribution in [3.63, 3.8) is 0 Å². The first-order valence-corrected chi connectivity index (χ1v) is 7.40. The third kappa shape index (κ3) is 4.35. The second kappa shape index (κ2) is 7.82. The van der Waals surface area contributed by atoms with Gasteiger partial charge in [0.25, 0.3) is 0 Å². The molecule has 0 spiro atoms. The third-order valence-electron chi connectivity index (χ3n) is 3.63. The lowest BCUT2D eigenvalue weighted by Gasteiger charge is -2.32. The van der Waals surface area contributed by atoms with E-state index in [1.165, 1.54) is 4.90 Å². The predicted octanol–water partition coefficient (Wildman–Crippen LogP) is 1.08. The molecule has 7 heteroatoms. The summed E-state index contributed by atoms with van der Waals surface area (Å²) in [5.41, 5.74) is 1.04. The number of aliphatic carboxylic acids is 1. The monoisotopic (exact) mass is 323 g/mol. The Morgan fingerprint density at radius 1 is 1.39 bits per heavy atom. The van der Waals surface area contributed by atoms with E-state index in [0.29, 0.717) is 18.1 Å².